The van der Waals surface area contributed by atoms with Crippen LogP contribution in [0.25, 0.3) is 5.57 Å². The van der Waals surface area contributed by atoms with Crippen molar-refractivity contribution in [3.05, 3.63) is 82.8 Å². The topological polar surface area (TPSA) is 61.8 Å². The number of aliphatic hydroxyl groups is 1. The summed E-state index contributed by atoms with van der Waals surface area (Å²) in [5.41, 5.74) is 12.2. The number of fused-ring (bicyclic) bond motifs is 3. The van der Waals surface area contributed by atoms with Crippen LogP contribution in [0.2, 0.25) is 0 Å². The molecule has 0 fully saturated rings. The molecular weight excluding hydrogens is 329 g/mol. The first-order valence-electron chi connectivity index (χ1n) is 8.52. The number of halogens is 1. The van der Waals surface area contributed by atoms with Gasteiger partial charge in [0, 0.05) is 35.6 Å². The lowest BCUT2D eigenvalue weighted by Gasteiger charge is -2.29. The second-order valence-corrected chi connectivity index (χ2v) is 6.71. The molecule has 0 saturated carbocycles. The fourth-order valence-corrected chi connectivity index (χ4v) is 3.47. The minimum Gasteiger partial charge on any atom is -0.399 e. The number of hydrogen-bond acceptors (Lipinski definition) is 4. The van der Waals surface area contributed by atoms with Crippen molar-refractivity contribution in [1.82, 2.24) is 4.90 Å². The summed E-state index contributed by atoms with van der Waals surface area (Å²) in [6.07, 6.45) is 3.06. The van der Waals surface area contributed by atoms with E-state index in [1.807, 2.05) is 44.4 Å². The van der Waals surface area contributed by atoms with Crippen molar-refractivity contribution in [3.63, 3.8) is 0 Å². The number of benzene rings is 2. The van der Waals surface area contributed by atoms with Crippen LogP contribution >= 0.6 is 0 Å². The number of nitrogens with zero attached hydrogens (tertiary/aromatic N) is 2. The van der Waals surface area contributed by atoms with E-state index in [2.05, 4.69) is 0 Å². The minimum absolute atomic E-state index is 0.154. The zero-order valence-electron chi connectivity index (χ0n) is 14.6. The molecule has 2 atom stereocenters. The number of aliphatic hydroxyl groups excluding tert-OH is 1. The third-order valence-corrected chi connectivity index (χ3v) is 4.87. The van der Waals surface area contributed by atoms with Crippen molar-refractivity contribution in [2.75, 3.05) is 12.8 Å². The fraction of sp³-hybridized carbons (Fsp3) is 0.190. The number of aliphatic imine (C=N–C) groups is 1. The first kappa shape index (κ1) is 16.5. The van der Waals surface area contributed by atoms with Crippen molar-refractivity contribution in [3.8, 4) is 0 Å². The van der Waals surface area contributed by atoms with Gasteiger partial charge in [-0.2, -0.15) is 0 Å². The van der Waals surface area contributed by atoms with E-state index in [-0.39, 0.29) is 11.9 Å². The molecule has 3 N–H and O–H groups in total. The van der Waals surface area contributed by atoms with Gasteiger partial charge in [0.1, 0.15) is 12.0 Å². The summed E-state index contributed by atoms with van der Waals surface area (Å²) in [5.74, 6) is -0.280. The molecule has 2 aromatic carbocycles. The van der Waals surface area contributed by atoms with Gasteiger partial charge < -0.3 is 15.7 Å². The summed E-state index contributed by atoms with van der Waals surface area (Å²) in [4.78, 5) is 6.66. The molecule has 0 saturated heterocycles. The molecule has 2 aliphatic heterocycles. The van der Waals surface area contributed by atoms with Crippen LogP contribution in [-0.4, -0.2) is 35.0 Å². The molecule has 0 spiro atoms. The van der Waals surface area contributed by atoms with E-state index in [1.165, 1.54) is 12.1 Å². The molecule has 0 aromatic heterocycles. The van der Waals surface area contributed by atoms with Crippen molar-refractivity contribution in [2.45, 2.75) is 19.2 Å². The van der Waals surface area contributed by atoms with Crippen LogP contribution in [0.5, 0.6) is 0 Å². The molecule has 0 amide bonds. The molecule has 2 aromatic rings. The Bertz CT molecular complexity index is 960. The number of likely N-dealkylation sites (N-methyl/N-ethyl adjacent to an activating group) is 1. The van der Waals surface area contributed by atoms with Gasteiger partial charge in [0.15, 0.2) is 0 Å². The van der Waals surface area contributed by atoms with Crippen LogP contribution in [0.1, 0.15) is 23.6 Å². The van der Waals surface area contributed by atoms with E-state index in [0.717, 1.165) is 33.5 Å². The maximum atomic E-state index is 13.4. The lowest BCUT2D eigenvalue weighted by atomic mass is 9.88. The number of anilines is 1. The van der Waals surface area contributed by atoms with Gasteiger partial charge in [-0.15, -0.1) is 0 Å². The van der Waals surface area contributed by atoms with E-state index >= 15 is 0 Å². The second-order valence-electron chi connectivity index (χ2n) is 6.71. The Morgan fingerprint density at radius 1 is 1.12 bits per heavy atom. The van der Waals surface area contributed by atoms with Crippen LogP contribution in [0.15, 0.2) is 65.3 Å². The fourth-order valence-electron chi connectivity index (χ4n) is 3.47. The lowest BCUT2D eigenvalue weighted by molar-refractivity contribution is 0.0967. The zero-order chi connectivity index (χ0) is 18.4. The summed E-state index contributed by atoms with van der Waals surface area (Å²) in [7, 11) is 1.83. The quantitative estimate of drug-likeness (QED) is 0.778. The summed E-state index contributed by atoms with van der Waals surface area (Å²) in [6, 6.07) is 11.9. The molecule has 0 radical (unpaired) electrons. The summed E-state index contributed by atoms with van der Waals surface area (Å²) in [5, 5.41) is 10.2. The van der Waals surface area contributed by atoms with Gasteiger partial charge in [-0.05, 0) is 60.5 Å². The first-order chi connectivity index (χ1) is 12.4. The Kier molecular flexibility index (Phi) is 3.89. The van der Waals surface area contributed by atoms with Gasteiger partial charge in [0.25, 0.3) is 0 Å². The standard InChI is InChI=1S/C21H20FN3O/c1-12-17-10-20(26)25(2)11-19(17)18-9-15(23)7-8-16(18)21(24-12)13-3-5-14(22)6-4-13/h3-12,20,26H,23H2,1-2H3/t12-,20?/m0/s1. The third kappa shape index (κ3) is 2.70. The molecule has 0 bridgehead atoms. The van der Waals surface area contributed by atoms with Crippen molar-refractivity contribution < 1.29 is 9.50 Å². The number of hydrogen-bond donors (Lipinski definition) is 2. The lowest BCUT2D eigenvalue weighted by Crippen LogP contribution is -2.29. The monoisotopic (exact) mass is 349 g/mol. The van der Waals surface area contributed by atoms with Gasteiger partial charge in [0.05, 0.1) is 11.8 Å². The summed E-state index contributed by atoms with van der Waals surface area (Å²) >= 11 is 0. The van der Waals surface area contributed by atoms with Crippen LogP contribution in [0.4, 0.5) is 10.1 Å². The normalized spacial score (nSPS) is 21.8. The molecular formula is C21H20FN3O. The number of rotatable bonds is 1. The molecule has 26 heavy (non-hydrogen) atoms. The molecule has 4 nitrogen and oxygen atoms in total. The van der Waals surface area contributed by atoms with Crippen LogP contribution in [0.3, 0.4) is 0 Å². The van der Waals surface area contributed by atoms with Gasteiger partial charge in [-0.3, -0.25) is 4.99 Å². The van der Waals surface area contributed by atoms with E-state index < -0.39 is 6.23 Å². The Morgan fingerprint density at radius 2 is 1.85 bits per heavy atom. The molecule has 132 valence electrons. The van der Waals surface area contributed by atoms with Gasteiger partial charge in [-0.25, -0.2) is 4.39 Å². The third-order valence-electron chi connectivity index (χ3n) is 4.87. The number of nitrogen functional groups attached to an aromatic ring is 1. The van der Waals surface area contributed by atoms with Crippen LogP contribution in [0, 0.1) is 5.82 Å². The highest BCUT2D eigenvalue weighted by Gasteiger charge is 2.29. The van der Waals surface area contributed by atoms with E-state index in [1.54, 1.807) is 17.0 Å². The average Bonchev–Trinajstić information content (AvgIpc) is 2.72. The van der Waals surface area contributed by atoms with Crippen molar-refractivity contribution >= 4 is 17.0 Å². The first-order valence-corrected chi connectivity index (χ1v) is 8.52. The van der Waals surface area contributed by atoms with E-state index in [9.17, 15) is 9.50 Å². The Balaban J connectivity index is 1.98. The molecule has 4 rings (SSSR count). The molecule has 1 unspecified atom stereocenters. The van der Waals surface area contributed by atoms with E-state index in [0.29, 0.717) is 5.69 Å². The van der Waals surface area contributed by atoms with Crippen LogP contribution < -0.4 is 5.73 Å². The number of nitrogens with two attached hydrogens (primary N) is 1. The maximum Gasteiger partial charge on any atom is 0.146 e. The van der Waals surface area contributed by atoms with Crippen LogP contribution in [-0.2, 0) is 0 Å². The SMILES string of the molecule is C[C@@H]1N=C(c2ccc(F)cc2)c2ccc(N)cc2C2=CN(C)C(O)C=C21. The van der Waals surface area contributed by atoms with Gasteiger partial charge in [-0.1, -0.05) is 6.07 Å². The highest BCUT2D eigenvalue weighted by Crippen LogP contribution is 2.38. The van der Waals surface area contributed by atoms with Gasteiger partial charge in [0.2, 0.25) is 0 Å². The average molecular weight is 349 g/mol. The molecule has 5 heteroatoms. The zero-order valence-corrected chi connectivity index (χ0v) is 14.6. The predicted octanol–water partition coefficient (Wildman–Crippen LogP) is 3.18. The molecule has 2 heterocycles. The Morgan fingerprint density at radius 3 is 2.58 bits per heavy atom. The maximum absolute atomic E-state index is 13.4. The largest absolute Gasteiger partial charge is 0.399 e. The van der Waals surface area contributed by atoms with Gasteiger partial charge >= 0.3 is 0 Å². The second kappa shape index (κ2) is 6.11. The molecule has 0 aliphatic carbocycles. The molecule has 2 aliphatic rings. The van der Waals surface area contributed by atoms with Crippen molar-refractivity contribution in [2.24, 2.45) is 4.99 Å². The predicted molar refractivity (Wildman–Crippen MR) is 102 cm³/mol. The summed E-state index contributed by atoms with van der Waals surface area (Å²) < 4.78 is 13.4. The van der Waals surface area contributed by atoms with E-state index in [4.69, 9.17) is 10.7 Å². The highest BCUT2D eigenvalue weighted by molar-refractivity contribution is 6.17. The Labute approximate surface area is 151 Å². The minimum atomic E-state index is -0.691. The van der Waals surface area contributed by atoms with Crippen molar-refractivity contribution in [1.29, 1.82) is 0 Å². The highest BCUT2D eigenvalue weighted by atomic mass is 19.1. The smallest absolute Gasteiger partial charge is 0.146 e. The summed E-state index contributed by atoms with van der Waals surface area (Å²) in [6.45, 7) is 2.00. The Hall–Kier alpha value is -2.92.